The van der Waals surface area contributed by atoms with Gasteiger partial charge in [0, 0.05) is 5.69 Å². The quantitative estimate of drug-likeness (QED) is 0.840. The van der Waals surface area contributed by atoms with Gasteiger partial charge < -0.3 is 10.4 Å². The number of aryl methyl sites for hydroxylation is 1. The smallest absolute Gasteiger partial charge is 0.416 e. The van der Waals surface area contributed by atoms with Gasteiger partial charge in [-0.3, -0.25) is 9.59 Å². The molecule has 0 radical (unpaired) electrons. The summed E-state index contributed by atoms with van der Waals surface area (Å²) < 4.78 is 38.2. The van der Waals surface area contributed by atoms with Gasteiger partial charge in [0.2, 0.25) is 5.91 Å². The molecule has 4 nitrogen and oxygen atoms in total. The number of carbonyl (C=O) groups is 2. The molecule has 0 aromatic heterocycles. The fourth-order valence-corrected chi connectivity index (χ4v) is 1.39. The fourth-order valence-electron chi connectivity index (χ4n) is 1.39. The van der Waals surface area contributed by atoms with Crippen molar-refractivity contribution in [3.63, 3.8) is 0 Å². The molecule has 2 N–H and O–H groups in total. The molecule has 0 spiro atoms. The maximum absolute atomic E-state index is 12.7. The third-order valence-corrected chi connectivity index (χ3v) is 2.90. The second-order valence-electron chi connectivity index (χ2n) is 4.91. The average Bonchev–Trinajstić information content (AvgIpc) is 2.29. The van der Waals surface area contributed by atoms with Crippen LogP contribution in [0.5, 0.6) is 0 Å². The standard InChI is InChI=1S/C13H14F3NO3/c1-7-4-5-8(6-9(7)13(14,15)16)17-10(18)12(2,3)11(19)20/h4-6H,1-3H3,(H,17,18)(H,19,20). The van der Waals surface area contributed by atoms with Crippen LogP contribution >= 0.6 is 0 Å². The number of amides is 1. The maximum Gasteiger partial charge on any atom is 0.416 e. The van der Waals surface area contributed by atoms with Crippen LogP contribution in [0, 0.1) is 12.3 Å². The van der Waals surface area contributed by atoms with Gasteiger partial charge in [0.1, 0.15) is 5.41 Å². The third kappa shape index (κ3) is 3.28. The Balaban J connectivity index is 3.07. The number of alkyl halides is 3. The number of nitrogens with one attached hydrogen (secondary N) is 1. The monoisotopic (exact) mass is 289 g/mol. The van der Waals surface area contributed by atoms with Crippen LogP contribution in [0.2, 0.25) is 0 Å². The van der Waals surface area contributed by atoms with E-state index in [1.807, 2.05) is 0 Å². The normalized spacial score (nSPS) is 12.1. The minimum absolute atomic E-state index is 0.0213. The number of carbonyl (C=O) groups excluding carboxylic acids is 1. The summed E-state index contributed by atoms with van der Waals surface area (Å²) in [6.45, 7) is 3.64. The molecule has 0 saturated heterocycles. The SMILES string of the molecule is Cc1ccc(NC(=O)C(C)(C)C(=O)O)cc1C(F)(F)F. The highest BCUT2D eigenvalue weighted by Crippen LogP contribution is 2.33. The van der Waals surface area contributed by atoms with Gasteiger partial charge >= 0.3 is 12.1 Å². The van der Waals surface area contributed by atoms with Crippen molar-refractivity contribution >= 4 is 17.6 Å². The molecule has 0 atom stereocenters. The Morgan fingerprint density at radius 3 is 2.20 bits per heavy atom. The van der Waals surface area contributed by atoms with Crippen LogP contribution in [0.3, 0.4) is 0 Å². The third-order valence-electron chi connectivity index (χ3n) is 2.90. The van der Waals surface area contributed by atoms with Crippen molar-refractivity contribution in [2.75, 3.05) is 5.32 Å². The molecule has 1 aromatic rings. The van der Waals surface area contributed by atoms with Crippen LogP contribution in [0.25, 0.3) is 0 Å². The van der Waals surface area contributed by atoms with Gasteiger partial charge in [0.15, 0.2) is 0 Å². The van der Waals surface area contributed by atoms with Crippen LogP contribution in [0.15, 0.2) is 18.2 Å². The summed E-state index contributed by atoms with van der Waals surface area (Å²) in [6.07, 6.45) is -4.53. The van der Waals surface area contributed by atoms with Crippen molar-refractivity contribution in [1.82, 2.24) is 0 Å². The summed E-state index contributed by atoms with van der Waals surface area (Å²) in [5, 5.41) is 11.1. The Morgan fingerprint density at radius 2 is 1.75 bits per heavy atom. The first-order chi connectivity index (χ1) is 8.96. The minimum atomic E-state index is -4.53. The lowest BCUT2D eigenvalue weighted by atomic mass is 9.92. The molecule has 7 heteroatoms. The van der Waals surface area contributed by atoms with Crippen molar-refractivity contribution < 1.29 is 27.9 Å². The largest absolute Gasteiger partial charge is 0.480 e. The number of rotatable bonds is 3. The van der Waals surface area contributed by atoms with E-state index in [1.54, 1.807) is 0 Å². The second-order valence-corrected chi connectivity index (χ2v) is 4.91. The zero-order valence-corrected chi connectivity index (χ0v) is 11.1. The first-order valence-corrected chi connectivity index (χ1v) is 5.69. The van der Waals surface area contributed by atoms with E-state index in [2.05, 4.69) is 5.32 Å². The summed E-state index contributed by atoms with van der Waals surface area (Å²) in [7, 11) is 0. The summed E-state index contributed by atoms with van der Waals surface area (Å²) >= 11 is 0. The number of hydrogen-bond donors (Lipinski definition) is 2. The van der Waals surface area contributed by atoms with Gasteiger partial charge in [-0.25, -0.2) is 0 Å². The van der Waals surface area contributed by atoms with Crippen LogP contribution in [0.1, 0.15) is 25.0 Å². The van der Waals surface area contributed by atoms with Crippen LogP contribution < -0.4 is 5.32 Å². The van der Waals surface area contributed by atoms with E-state index in [4.69, 9.17) is 5.11 Å². The molecule has 1 amide bonds. The number of carboxylic acid groups (broad SMARTS) is 1. The molecule has 0 aliphatic rings. The van der Waals surface area contributed by atoms with Crippen molar-refractivity contribution in [2.45, 2.75) is 26.9 Å². The van der Waals surface area contributed by atoms with Gasteiger partial charge in [-0.15, -0.1) is 0 Å². The first kappa shape index (κ1) is 16.0. The highest BCUT2D eigenvalue weighted by atomic mass is 19.4. The maximum atomic E-state index is 12.7. The summed E-state index contributed by atoms with van der Waals surface area (Å²) in [5.74, 6) is -2.25. The van der Waals surface area contributed by atoms with Gasteiger partial charge in [-0.05, 0) is 38.5 Å². The Bertz CT molecular complexity index is 550. The topological polar surface area (TPSA) is 66.4 Å². The first-order valence-electron chi connectivity index (χ1n) is 5.69. The summed E-state index contributed by atoms with van der Waals surface area (Å²) in [6, 6.07) is 3.29. The predicted molar refractivity (Wildman–Crippen MR) is 66.2 cm³/mol. The second kappa shape index (κ2) is 5.15. The van der Waals surface area contributed by atoms with Crippen molar-refractivity contribution in [3.05, 3.63) is 29.3 Å². The molecule has 20 heavy (non-hydrogen) atoms. The molecule has 0 unspecified atom stereocenters. The Morgan fingerprint density at radius 1 is 1.20 bits per heavy atom. The average molecular weight is 289 g/mol. The summed E-state index contributed by atoms with van der Waals surface area (Å²) in [4.78, 5) is 22.6. The molecular formula is C13H14F3NO3. The van der Waals surface area contributed by atoms with E-state index in [9.17, 15) is 22.8 Å². The van der Waals surface area contributed by atoms with E-state index in [1.165, 1.54) is 32.9 Å². The zero-order chi connectivity index (χ0) is 15.7. The molecular weight excluding hydrogens is 275 g/mol. The number of benzene rings is 1. The molecule has 0 aliphatic heterocycles. The van der Waals surface area contributed by atoms with Gasteiger partial charge in [-0.1, -0.05) is 6.07 Å². The highest BCUT2D eigenvalue weighted by molar-refractivity contribution is 6.07. The van der Waals surface area contributed by atoms with Gasteiger partial charge in [0.25, 0.3) is 0 Å². The molecule has 0 heterocycles. The van der Waals surface area contributed by atoms with Gasteiger partial charge in [0.05, 0.1) is 5.56 Å². The van der Waals surface area contributed by atoms with E-state index in [0.29, 0.717) is 0 Å². The number of anilines is 1. The van der Waals surface area contributed by atoms with E-state index in [-0.39, 0.29) is 11.3 Å². The highest BCUT2D eigenvalue weighted by Gasteiger charge is 2.37. The number of hydrogen-bond acceptors (Lipinski definition) is 2. The lowest BCUT2D eigenvalue weighted by Gasteiger charge is -2.19. The Kier molecular flexibility index (Phi) is 4.12. The fraction of sp³-hybridized carbons (Fsp3) is 0.385. The Labute approximate surface area is 113 Å². The zero-order valence-electron chi connectivity index (χ0n) is 11.1. The van der Waals surface area contributed by atoms with Crippen molar-refractivity contribution in [2.24, 2.45) is 5.41 Å². The van der Waals surface area contributed by atoms with Crippen molar-refractivity contribution in [3.8, 4) is 0 Å². The number of halogens is 3. The minimum Gasteiger partial charge on any atom is -0.480 e. The van der Waals surface area contributed by atoms with Crippen LogP contribution in [0.4, 0.5) is 18.9 Å². The molecule has 1 aromatic carbocycles. The molecule has 0 bridgehead atoms. The number of aliphatic carboxylic acids is 1. The Hall–Kier alpha value is -2.05. The van der Waals surface area contributed by atoms with Crippen LogP contribution in [-0.4, -0.2) is 17.0 Å². The predicted octanol–water partition coefficient (Wildman–Crippen LogP) is 3.06. The molecule has 0 aliphatic carbocycles. The van der Waals surface area contributed by atoms with E-state index < -0.39 is 29.0 Å². The molecule has 0 fully saturated rings. The lowest BCUT2D eigenvalue weighted by Crippen LogP contribution is -2.37. The van der Waals surface area contributed by atoms with Crippen LogP contribution in [-0.2, 0) is 15.8 Å². The lowest BCUT2D eigenvalue weighted by molar-refractivity contribution is -0.151. The van der Waals surface area contributed by atoms with Crippen molar-refractivity contribution in [1.29, 1.82) is 0 Å². The molecule has 110 valence electrons. The van der Waals surface area contributed by atoms with E-state index >= 15 is 0 Å². The number of carboxylic acids is 1. The van der Waals surface area contributed by atoms with Gasteiger partial charge in [-0.2, -0.15) is 13.2 Å². The molecule has 0 saturated carbocycles. The van der Waals surface area contributed by atoms with E-state index in [0.717, 1.165) is 6.07 Å². The summed E-state index contributed by atoms with van der Waals surface area (Å²) in [5.41, 5.74) is -2.68. The molecule has 1 rings (SSSR count).